The summed E-state index contributed by atoms with van der Waals surface area (Å²) >= 11 is 0. The minimum Gasteiger partial charge on any atom is -0.354 e. The molecule has 1 atom stereocenters. The van der Waals surface area contributed by atoms with Gasteiger partial charge in [-0.1, -0.05) is 84.8 Å². The molecular formula is C27H25NO2. The van der Waals surface area contributed by atoms with Crippen LogP contribution in [0.2, 0.25) is 0 Å². The molecule has 0 N–H and O–H groups in total. The van der Waals surface area contributed by atoms with E-state index in [4.69, 9.17) is 4.74 Å². The molecule has 3 aromatic rings. The Kier molecular flexibility index (Phi) is 6.85. The Bertz CT molecular complexity index is 1010. The van der Waals surface area contributed by atoms with Crippen LogP contribution in [0.5, 0.6) is 0 Å². The number of carbonyl (C=O) groups excluding carboxylic acids is 1. The lowest BCUT2D eigenvalue weighted by Gasteiger charge is -2.26. The van der Waals surface area contributed by atoms with E-state index in [1.54, 1.807) is 11.0 Å². The minimum atomic E-state index is -0.677. The number of nitrogens with zero attached hydrogens (tertiary/aromatic N) is 1. The average molecular weight is 396 g/mol. The van der Waals surface area contributed by atoms with Crippen LogP contribution in [0.15, 0.2) is 97.6 Å². The Morgan fingerprint density at radius 3 is 2.00 bits per heavy atom. The Labute approximate surface area is 178 Å². The Balaban J connectivity index is 1.76. The van der Waals surface area contributed by atoms with E-state index in [0.717, 1.165) is 16.9 Å². The molecule has 0 saturated heterocycles. The van der Waals surface area contributed by atoms with Gasteiger partial charge in [0.05, 0.1) is 0 Å². The summed E-state index contributed by atoms with van der Waals surface area (Å²) in [6.07, 6.45) is 1.75. The van der Waals surface area contributed by atoms with Crippen molar-refractivity contribution in [2.24, 2.45) is 0 Å². The van der Waals surface area contributed by atoms with E-state index in [1.807, 2.05) is 98.8 Å². The molecule has 0 bridgehead atoms. The second-order valence-electron chi connectivity index (χ2n) is 7.08. The fraction of sp³-hybridized carbons (Fsp3) is 0.148. The van der Waals surface area contributed by atoms with E-state index in [2.05, 4.69) is 18.4 Å². The number of anilines is 2. The zero-order valence-electron chi connectivity index (χ0n) is 17.3. The molecule has 1 unspecified atom stereocenters. The van der Waals surface area contributed by atoms with Gasteiger partial charge >= 0.3 is 5.91 Å². The Morgan fingerprint density at radius 2 is 1.50 bits per heavy atom. The number of ether oxygens (including phenoxy) is 1. The highest BCUT2D eigenvalue weighted by Gasteiger charge is 2.23. The van der Waals surface area contributed by atoms with Crippen LogP contribution >= 0.6 is 0 Å². The van der Waals surface area contributed by atoms with E-state index < -0.39 is 5.60 Å². The second kappa shape index (κ2) is 9.73. The van der Waals surface area contributed by atoms with Crippen LogP contribution in [0.25, 0.3) is 0 Å². The van der Waals surface area contributed by atoms with E-state index in [0.29, 0.717) is 0 Å². The highest BCUT2D eigenvalue weighted by molar-refractivity contribution is 6.10. The molecule has 30 heavy (non-hydrogen) atoms. The topological polar surface area (TPSA) is 29.5 Å². The number of hydrogen-bond acceptors (Lipinski definition) is 2. The first-order chi connectivity index (χ1) is 14.5. The number of amides is 1. The quantitative estimate of drug-likeness (QED) is 0.391. The third kappa shape index (κ3) is 5.05. The van der Waals surface area contributed by atoms with Crippen molar-refractivity contribution in [3.05, 3.63) is 109 Å². The summed E-state index contributed by atoms with van der Waals surface area (Å²) in [5.41, 5.74) is 3.02. The number of aryl methyl sites for hydroxylation is 1. The largest absolute Gasteiger partial charge is 0.354 e. The van der Waals surface area contributed by atoms with E-state index in [1.165, 1.54) is 5.56 Å². The summed E-state index contributed by atoms with van der Waals surface area (Å²) in [7, 11) is 0. The van der Waals surface area contributed by atoms with Crippen molar-refractivity contribution < 1.29 is 9.53 Å². The van der Waals surface area contributed by atoms with Crippen molar-refractivity contribution in [3.63, 3.8) is 0 Å². The molecule has 3 rings (SSSR count). The Morgan fingerprint density at radius 1 is 0.967 bits per heavy atom. The van der Waals surface area contributed by atoms with Gasteiger partial charge in [0.15, 0.2) is 0 Å². The maximum Gasteiger partial charge on any atom is 0.307 e. The number of rotatable bonds is 6. The highest BCUT2D eigenvalue weighted by atomic mass is 16.5. The van der Waals surface area contributed by atoms with Crippen LogP contribution in [0.3, 0.4) is 0 Å². The molecule has 0 saturated carbocycles. The maximum atomic E-state index is 12.9. The molecule has 0 aliphatic heterocycles. The van der Waals surface area contributed by atoms with Gasteiger partial charge in [0.2, 0.25) is 0 Å². The van der Waals surface area contributed by atoms with Crippen LogP contribution in [-0.2, 0) is 15.1 Å². The molecule has 3 heteroatoms. The highest BCUT2D eigenvalue weighted by Crippen LogP contribution is 2.27. The summed E-state index contributed by atoms with van der Waals surface area (Å²) in [5.74, 6) is 5.27. The average Bonchev–Trinajstić information content (AvgIpc) is 2.79. The number of para-hydroxylation sites is 2. The summed E-state index contributed by atoms with van der Waals surface area (Å²) < 4.78 is 5.98. The smallest absolute Gasteiger partial charge is 0.307 e. The lowest BCUT2D eigenvalue weighted by atomic mass is 9.95. The van der Waals surface area contributed by atoms with Gasteiger partial charge in [-0.3, -0.25) is 9.69 Å². The van der Waals surface area contributed by atoms with Gasteiger partial charge in [0, 0.05) is 11.4 Å². The molecule has 0 aromatic heterocycles. The standard InChI is InChI=1S/C27H25NO2/c1-4-27(3,23-19-17-22(2)18-20-23)30-21-11-16-26(29)28(24-12-7-5-8-13-24)25-14-9-6-10-15-25/h4-10,12-15,17-20H,1,21H2,2-3H3. The molecule has 0 radical (unpaired) electrons. The van der Waals surface area contributed by atoms with Crippen molar-refractivity contribution in [1.82, 2.24) is 0 Å². The van der Waals surface area contributed by atoms with Crippen LogP contribution in [0.4, 0.5) is 11.4 Å². The van der Waals surface area contributed by atoms with Crippen molar-refractivity contribution >= 4 is 17.3 Å². The normalized spacial score (nSPS) is 12.2. The number of hydrogen-bond donors (Lipinski definition) is 0. The molecule has 1 amide bonds. The molecule has 3 nitrogen and oxygen atoms in total. The van der Waals surface area contributed by atoms with Gasteiger partial charge in [0.25, 0.3) is 0 Å². The van der Waals surface area contributed by atoms with Crippen LogP contribution < -0.4 is 4.90 Å². The van der Waals surface area contributed by atoms with Crippen molar-refractivity contribution in [1.29, 1.82) is 0 Å². The lowest BCUT2D eigenvalue weighted by molar-refractivity contribution is -0.112. The van der Waals surface area contributed by atoms with Gasteiger partial charge in [-0.25, -0.2) is 0 Å². The molecular weight excluding hydrogens is 370 g/mol. The monoisotopic (exact) mass is 395 g/mol. The Hall–Kier alpha value is -3.61. The number of carbonyl (C=O) groups is 1. The molecule has 0 spiro atoms. The molecule has 150 valence electrons. The summed E-state index contributed by atoms with van der Waals surface area (Å²) in [6.45, 7) is 7.99. The first-order valence-corrected chi connectivity index (χ1v) is 9.81. The SMILES string of the molecule is C=CC(C)(OCC#CC(=O)N(c1ccccc1)c1ccccc1)c1ccc(C)cc1. The van der Waals surface area contributed by atoms with Crippen molar-refractivity contribution in [2.45, 2.75) is 19.4 Å². The maximum absolute atomic E-state index is 12.9. The molecule has 3 aromatic carbocycles. The van der Waals surface area contributed by atoms with Crippen LogP contribution in [0.1, 0.15) is 18.1 Å². The predicted octanol–water partition coefficient (Wildman–Crippen LogP) is 5.78. The van der Waals surface area contributed by atoms with Crippen molar-refractivity contribution in [2.75, 3.05) is 11.5 Å². The van der Waals surface area contributed by atoms with Gasteiger partial charge < -0.3 is 4.74 Å². The predicted molar refractivity (Wildman–Crippen MR) is 122 cm³/mol. The summed E-state index contributed by atoms with van der Waals surface area (Å²) in [5, 5.41) is 0. The van der Waals surface area contributed by atoms with Crippen LogP contribution in [-0.4, -0.2) is 12.5 Å². The van der Waals surface area contributed by atoms with E-state index in [-0.39, 0.29) is 12.5 Å². The first kappa shape index (κ1) is 21.1. The van der Waals surface area contributed by atoms with E-state index in [9.17, 15) is 4.79 Å². The van der Waals surface area contributed by atoms with Gasteiger partial charge in [-0.05, 0) is 49.6 Å². The first-order valence-electron chi connectivity index (χ1n) is 9.81. The summed E-state index contributed by atoms with van der Waals surface area (Å²) in [6, 6.07) is 27.0. The van der Waals surface area contributed by atoms with Crippen LogP contribution in [0, 0.1) is 18.8 Å². The van der Waals surface area contributed by atoms with Gasteiger partial charge in [-0.15, -0.1) is 0 Å². The molecule has 0 heterocycles. The lowest BCUT2D eigenvalue weighted by Crippen LogP contribution is -2.25. The fourth-order valence-corrected chi connectivity index (χ4v) is 3.04. The second-order valence-corrected chi connectivity index (χ2v) is 7.08. The third-order valence-corrected chi connectivity index (χ3v) is 4.89. The number of benzene rings is 3. The van der Waals surface area contributed by atoms with Crippen molar-refractivity contribution in [3.8, 4) is 11.8 Å². The zero-order valence-corrected chi connectivity index (χ0v) is 17.3. The van der Waals surface area contributed by atoms with E-state index >= 15 is 0 Å². The third-order valence-electron chi connectivity index (χ3n) is 4.89. The van der Waals surface area contributed by atoms with Gasteiger partial charge in [0.1, 0.15) is 12.2 Å². The fourth-order valence-electron chi connectivity index (χ4n) is 3.04. The molecule has 0 aliphatic carbocycles. The summed E-state index contributed by atoms with van der Waals surface area (Å²) in [4.78, 5) is 14.5. The molecule has 0 aliphatic rings. The van der Waals surface area contributed by atoms with Gasteiger partial charge in [-0.2, -0.15) is 0 Å². The minimum absolute atomic E-state index is 0.111. The molecule has 0 fully saturated rings. The zero-order chi connectivity index (χ0) is 21.4.